The van der Waals surface area contributed by atoms with Crippen molar-refractivity contribution in [3.63, 3.8) is 0 Å². The van der Waals surface area contributed by atoms with Gasteiger partial charge in [-0.25, -0.2) is 0 Å². The van der Waals surface area contributed by atoms with Crippen LogP contribution in [-0.4, -0.2) is 28.0 Å². The van der Waals surface area contributed by atoms with Gasteiger partial charge in [0.1, 0.15) is 6.10 Å². The molecule has 2 atom stereocenters. The molecule has 0 aromatic heterocycles. The fourth-order valence-electron chi connectivity index (χ4n) is 1.60. The van der Waals surface area contributed by atoms with Gasteiger partial charge in [0, 0.05) is 0 Å². The van der Waals surface area contributed by atoms with Crippen molar-refractivity contribution in [2.24, 2.45) is 5.73 Å². The fourth-order valence-corrected chi connectivity index (χ4v) is 1.60. The van der Waals surface area contributed by atoms with Crippen molar-refractivity contribution >= 4 is 0 Å². The van der Waals surface area contributed by atoms with Gasteiger partial charge >= 0.3 is 0 Å². The first-order valence-corrected chi connectivity index (χ1v) is 5.36. The number of aryl methyl sites for hydroxylation is 1. The second kappa shape index (κ2) is 5.96. The zero-order chi connectivity index (χ0) is 12.1. The molecule has 4 heteroatoms. The van der Waals surface area contributed by atoms with Gasteiger partial charge in [-0.2, -0.15) is 0 Å². The highest BCUT2D eigenvalue weighted by Gasteiger charge is 2.18. The van der Waals surface area contributed by atoms with Crippen LogP contribution in [-0.2, 0) is 6.61 Å². The van der Waals surface area contributed by atoms with E-state index < -0.39 is 12.2 Å². The van der Waals surface area contributed by atoms with Gasteiger partial charge in [0.25, 0.3) is 0 Å². The molecule has 0 heterocycles. The Labute approximate surface area is 95.3 Å². The fraction of sp³-hybridized carbons (Fsp3) is 0.500. The molecule has 1 rings (SSSR count). The molecule has 1 aromatic carbocycles. The minimum atomic E-state index is -0.950. The summed E-state index contributed by atoms with van der Waals surface area (Å²) in [5, 5.41) is 28.6. The molecule has 1 aromatic rings. The minimum absolute atomic E-state index is 0.0701. The lowest BCUT2D eigenvalue weighted by atomic mass is 9.98. The second-order valence-corrected chi connectivity index (χ2v) is 3.93. The molecule has 0 radical (unpaired) electrons. The average Bonchev–Trinajstić information content (AvgIpc) is 2.29. The number of hydrogen-bond acceptors (Lipinski definition) is 4. The lowest BCUT2D eigenvalue weighted by Gasteiger charge is -2.18. The van der Waals surface area contributed by atoms with E-state index in [2.05, 4.69) is 0 Å². The molecule has 0 aliphatic rings. The summed E-state index contributed by atoms with van der Waals surface area (Å²) in [6, 6.07) is 5.28. The summed E-state index contributed by atoms with van der Waals surface area (Å²) < 4.78 is 0. The van der Waals surface area contributed by atoms with Crippen molar-refractivity contribution in [3.05, 3.63) is 34.9 Å². The third-order valence-corrected chi connectivity index (χ3v) is 2.71. The van der Waals surface area contributed by atoms with Crippen LogP contribution in [0.25, 0.3) is 0 Å². The normalized spacial score (nSPS) is 14.8. The van der Waals surface area contributed by atoms with Crippen LogP contribution in [0.3, 0.4) is 0 Å². The van der Waals surface area contributed by atoms with E-state index in [1.165, 1.54) is 0 Å². The summed E-state index contributed by atoms with van der Waals surface area (Å²) in [6.07, 6.45) is -1.46. The highest BCUT2D eigenvalue weighted by atomic mass is 16.3. The highest BCUT2D eigenvalue weighted by molar-refractivity contribution is 5.32. The molecule has 5 N–H and O–H groups in total. The zero-order valence-electron chi connectivity index (χ0n) is 9.43. The molecular formula is C12H19NO3. The predicted octanol–water partition coefficient (Wildman–Crippen LogP) is 0.230. The molecule has 0 fully saturated rings. The van der Waals surface area contributed by atoms with Crippen LogP contribution < -0.4 is 5.73 Å². The molecule has 0 spiro atoms. The Hall–Kier alpha value is -0.940. The van der Waals surface area contributed by atoms with Gasteiger partial charge in [-0.3, -0.25) is 0 Å². The predicted molar refractivity (Wildman–Crippen MR) is 61.7 cm³/mol. The molecular weight excluding hydrogens is 206 g/mol. The van der Waals surface area contributed by atoms with Crippen LogP contribution in [0.5, 0.6) is 0 Å². The monoisotopic (exact) mass is 225 g/mol. The number of hydrogen-bond donors (Lipinski definition) is 4. The van der Waals surface area contributed by atoms with E-state index in [0.29, 0.717) is 18.5 Å². The summed E-state index contributed by atoms with van der Waals surface area (Å²) in [4.78, 5) is 0. The molecule has 4 nitrogen and oxygen atoms in total. The standard InChI is InChI=1S/C12H19NO3/c1-8-2-3-9(6-10(8)7-14)12(16)11(15)4-5-13/h2-3,6,11-12,14-16H,4-5,7,13H2,1H3. The molecule has 0 saturated heterocycles. The van der Waals surface area contributed by atoms with Gasteiger partial charge in [-0.1, -0.05) is 18.2 Å². The van der Waals surface area contributed by atoms with Crippen molar-refractivity contribution in [1.29, 1.82) is 0 Å². The van der Waals surface area contributed by atoms with E-state index in [1.54, 1.807) is 12.1 Å². The molecule has 0 saturated carbocycles. The molecule has 0 aliphatic carbocycles. The van der Waals surface area contributed by atoms with Gasteiger partial charge in [0.2, 0.25) is 0 Å². The van der Waals surface area contributed by atoms with Crippen molar-refractivity contribution in [3.8, 4) is 0 Å². The maximum Gasteiger partial charge on any atom is 0.105 e. The number of nitrogens with two attached hydrogens (primary N) is 1. The summed E-state index contributed by atoms with van der Waals surface area (Å²) in [5.74, 6) is 0. The van der Waals surface area contributed by atoms with E-state index in [4.69, 9.17) is 10.8 Å². The Balaban J connectivity index is 2.87. The maximum atomic E-state index is 9.84. The van der Waals surface area contributed by atoms with E-state index in [0.717, 1.165) is 11.1 Å². The third kappa shape index (κ3) is 3.02. The molecule has 0 aliphatic heterocycles. The topological polar surface area (TPSA) is 86.7 Å². The van der Waals surface area contributed by atoms with E-state index in [9.17, 15) is 10.2 Å². The Morgan fingerprint density at radius 3 is 2.56 bits per heavy atom. The van der Waals surface area contributed by atoms with Crippen molar-refractivity contribution in [2.75, 3.05) is 6.54 Å². The largest absolute Gasteiger partial charge is 0.392 e. The molecule has 2 unspecified atom stereocenters. The third-order valence-electron chi connectivity index (χ3n) is 2.71. The Kier molecular flexibility index (Phi) is 4.89. The first-order valence-electron chi connectivity index (χ1n) is 5.36. The summed E-state index contributed by atoms with van der Waals surface area (Å²) in [6.45, 7) is 2.15. The Bertz CT molecular complexity index is 341. The Morgan fingerprint density at radius 1 is 1.31 bits per heavy atom. The van der Waals surface area contributed by atoms with E-state index in [1.807, 2.05) is 13.0 Å². The molecule has 16 heavy (non-hydrogen) atoms. The summed E-state index contributed by atoms with van der Waals surface area (Å²) >= 11 is 0. The smallest absolute Gasteiger partial charge is 0.105 e. The van der Waals surface area contributed by atoms with Crippen LogP contribution in [0.4, 0.5) is 0 Å². The lowest BCUT2D eigenvalue weighted by Crippen LogP contribution is -2.21. The maximum absolute atomic E-state index is 9.84. The van der Waals surface area contributed by atoms with Crippen LogP contribution in [0.2, 0.25) is 0 Å². The number of aliphatic hydroxyl groups excluding tert-OH is 3. The van der Waals surface area contributed by atoms with Crippen molar-refractivity contribution in [2.45, 2.75) is 32.2 Å². The average molecular weight is 225 g/mol. The first kappa shape index (κ1) is 13.1. The van der Waals surface area contributed by atoms with Crippen molar-refractivity contribution in [1.82, 2.24) is 0 Å². The molecule has 90 valence electrons. The van der Waals surface area contributed by atoms with Gasteiger partial charge in [0.05, 0.1) is 12.7 Å². The SMILES string of the molecule is Cc1ccc(C(O)C(O)CCN)cc1CO. The van der Waals surface area contributed by atoms with Crippen LogP contribution in [0.15, 0.2) is 18.2 Å². The molecule has 0 amide bonds. The number of aliphatic hydroxyl groups is 3. The van der Waals surface area contributed by atoms with Crippen molar-refractivity contribution < 1.29 is 15.3 Å². The quantitative estimate of drug-likeness (QED) is 0.578. The Morgan fingerprint density at radius 2 is 2.00 bits per heavy atom. The van der Waals surface area contributed by atoms with Gasteiger partial charge in [-0.15, -0.1) is 0 Å². The summed E-state index contributed by atoms with van der Waals surface area (Å²) in [5.41, 5.74) is 7.65. The minimum Gasteiger partial charge on any atom is -0.392 e. The lowest BCUT2D eigenvalue weighted by molar-refractivity contribution is 0.0149. The second-order valence-electron chi connectivity index (χ2n) is 3.93. The molecule has 0 bridgehead atoms. The summed E-state index contributed by atoms with van der Waals surface area (Å²) in [7, 11) is 0. The van der Waals surface area contributed by atoms with Crippen LogP contribution in [0.1, 0.15) is 29.2 Å². The van der Waals surface area contributed by atoms with Gasteiger partial charge < -0.3 is 21.1 Å². The van der Waals surface area contributed by atoms with E-state index >= 15 is 0 Å². The highest BCUT2D eigenvalue weighted by Crippen LogP contribution is 2.21. The van der Waals surface area contributed by atoms with Gasteiger partial charge in [-0.05, 0) is 36.6 Å². The van der Waals surface area contributed by atoms with E-state index in [-0.39, 0.29) is 6.61 Å². The number of benzene rings is 1. The van der Waals surface area contributed by atoms with Crippen LogP contribution in [0, 0.1) is 6.92 Å². The zero-order valence-corrected chi connectivity index (χ0v) is 9.43. The van der Waals surface area contributed by atoms with Gasteiger partial charge in [0.15, 0.2) is 0 Å². The first-order chi connectivity index (χ1) is 7.60. The van der Waals surface area contributed by atoms with Crippen LogP contribution >= 0.6 is 0 Å². The number of rotatable bonds is 5.